The minimum absolute atomic E-state index is 0.0324. The molecule has 1 aliphatic rings. The normalized spacial score (nSPS) is 30.9. The van der Waals surface area contributed by atoms with Crippen LogP contribution < -0.4 is 5.73 Å². The predicted octanol–water partition coefficient (Wildman–Crippen LogP) is 1.98. The average molecular weight is 333 g/mol. The fourth-order valence-corrected chi connectivity index (χ4v) is 2.76. The molecule has 0 bridgehead atoms. The van der Waals surface area contributed by atoms with Gasteiger partial charge in [0.05, 0.1) is 0 Å². The van der Waals surface area contributed by atoms with Gasteiger partial charge in [-0.2, -0.15) is 0 Å². The number of hydrogen-bond donors (Lipinski definition) is 4. The molecule has 1 fully saturated rings. The van der Waals surface area contributed by atoms with Crippen molar-refractivity contribution in [2.75, 3.05) is 0 Å². The fraction of sp³-hybridized carbons (Fsp3) is 0.688. The third-order valence-electron chi connectivity index (χ3n) is 4.40. The highest BCUT2D eigenvalue weighted by molar-refractivity contribution is 5.88. The lowest BCUT2D eigenvalue weighted by Gasteiger charge is -2.54. The van der Waals surface area contributed by atoms with E-state index in [1.165, 1.54) is 0 Å². The number of aliphatic hydroxyl groups is 2. The van der Waals surface area contributed by atoms with E-state index in [0.717, 1.165) is 25.7 Å². The predicted molar refractivity (Wildman–Crippen MR) is 82.1 cm³/mol. The first-order chi connectivity index (χ1) is 10.7. The standard InChI is InChI=1S/C16H25F2NO4/c1-11-15(23,13(20)16(11,19)14(21)22)10-8-6-4-2-3-5-7-9-12(17)18/h6,8,12-13,20,23H,1-5,7,9-10,19H2,(H,21,22)/b8-6+. The third-order valence-corrected chi connectivity index (χ3v) is 4.40. The second-order valence-electron chi connectivity index (χ2n) is 6.04. The zero-order valence-corrected chi connectivity index (χ0v) is 13.0. The van der Waals surface area contributed by atoms with Crippen molar-refractivity contribution in [2.45, 2.75) is 68.6 Å². The quantitative estimate of drug-likeness (QED) is 0.361. The van der Waals surface area contributed by atoms with Crippen LogP contribution in [-0.4, -0.2) is 45.0 Å². The van der Waals surface area contributed by atoms with E-state index in [1.54, 1.807) is 6.08 Å². The van der Waals surface area contributed by atoms with E-state index in [1.807, 2.05) is 6.08 Å². The molecule has 23 heavy (non-hydrogen) atoms. The lowest BCUT2D eigenvalue weighted by Crippen LogP contribution is -2.79. The number of allylic oxidation sites excluding steroid dienone is 1. The van der Waals surface area contributed by atoms with Crippen molar-refractivity contribution in [3.8, 4) is 0 Å². The number of aliphatic hydroxyl groups excluding tert-OH is 1. The number of rotatable bonds is 10. The van der Waals surface area contributed by atoms with Gasteiger partial charge in [-0.25, -0.2) is 13.6 Å². The van der Waals surface area contributed by atoms with Gasteiger partial charge in [0.1, 0.15) is 11.7 Å². The molecule has 1 rings (SSSR count). The molecule has 0 radical (unpaired) electrons. The first-order valence-corrected chi connectivity index (χ1v) is 7.73. The summed E-state index contributed by atoms with van der Waals surface area (Å²) in [5.74, 6) is -1.42. The number of unbranched alkanes of at least 4 members (excludes halogenated alkanes) is 4. The van der Waals surface area contributed by atoms with Gasteiger partial charge in [-0.15, -0.1) is 0 Å². The third kappa shape index (κ3) is 4.16. The van der Waals surface area contributed by atoms with Crippen LogP contribution in [-0.2, 0) is 4.79 Å². The topological polar surface area (TPSA) is 104 Å². The lowest BCUT2D eigenvalue weighted by atomic mass is 9.57. The molecule has 3 atom stereocenters. The Labute approximate surface area is 134 Å². The highest BCUT2D eigenvalue weighted by Crippen LogP contribution is 2.46. The number of carboxylic acid groups (broad SMARTS) is 1. The average Bonchev–Trinajstić information content (AvgIpc) is 2.50. The molecule has 0 heterocycles. The summed E-state index contributed by atoms with van der Waals surface area (Å²) in [6, 6.07) is 0. The van der Waals surface area contributed by atoms with Gasteiger partial charge in [-0.3, -0.25) is 0 Å². The second kappa shape index (κ2) is 7.99. The summed E-state index contributed by atoms with van der Waals surface area (Å²) in [5, 5.41) is 29.1. The van der Waals surface area contributed by atoms with Crippen LogP contribution in [0.15, 0.2) is 24.3 Å². The monoisotopic (exact) mass is 333 g/mol. The molecule has 0 saturated heterocycles. The van der Waals surface area contributed by atoms with Crippen molar-refractivity contribution in [3.63, 3.8) is 0 Å². The zero-order chi connectivity index (χ0) is 17.7. The number of alkyl halides is 2. The summed E-state index contributed by atoms with van der Waals surface area (Å²) in [6.45, 7) is 3.49. The van der Waals surface area contributed by atoms with Crippen molar-refractivity contribution in [2.24, 2.45) is 5.73 Å². The van der Waals surface area contributed by atoms with Gasteiger partial charge >= 0.3 is 5.97 Å². The maximum Gasteiger partial charge on any atom is 0.330 e. The number of carbonyl (C=O) groups is 1. The summed E-state index contributed by atoms with van der Waals surface area (Å²) in [7, 11) is 0. The van der Waals surface area contributed by atoms with Gasteiger partial charge in [0.2, 0.25) is 6.43 Å². The smallest absolute Gasteiger partial charge is 0.330 e. The molecule has 7 heteroatoms. The molecule has 0 amide bonds. The van der Waals surface area contributed by atoms with Crippen molar-refractivity contribution in [1.82, 2.24) is 0 Å². The Morgan fingerprint density at radius 1 is 1.30 bits per heavy atom. The molecular weight excluding hydrogens is 308 g/mol. The molecule has 0 aromatic carbocycles. The van der Waals surface area contributed by atoms with Crippen molar-refractivity contribution in [1.29, 1.82) is 0 Å². The van der Waals surface area contributed by atoms with Crippen LogP contribution in [0.2, 0.25) is 0 Å². The second-order valence-corrected chi connectivity index (χ2v) is 6.04. The molecule has 0 aromatic heterocycles. The summed E-state index contributed by atoms with van der Waals surface area (Å²) in [5.41, 5.74) is 1.70. The number of hydrogen-bond acceptors (Lipinski definition) is 4. The first kappa shape index (κ1) is 19.7. The summed E-state index contributed by atoms with van der Waals surface area (Å²) >= 11 is 0. The number of aliphatic carboxylic acids is 1. The van der Waals surface area contributed by atoms with Crippen LogP contribution in [0.25, 0.3) is 0 Å². The highest BCUT2D eigenvalue weighted by Gasteiger charge is 2.68. The molecule has 5 N–H and O–H groups in total. The van der Waals surface area contributed by atoms with Crippen molar-refractivity contribution in [3.05, 3.63) is 24.3 Å². The van der Waals surface area contributed by atoms with Crippen LogP contribution in [0.1, 0.15) is 44.9 Å². The van der Waals surface area contributed by atoms with E-state index in [4.69, 9.17) is 10.8 Å². The maximum atomic E-state index is 11.9. The maximum absolute atomic E-state index is 11.9. The largest absolute Gasteiger partial charge is 0.480 e. The zero-order valence-electron chi connectivity index (χ0n) is 13.0. The lowest BCUT2D eigenvalue weighted by molar-refractivity contribution is -0.176. The molecule has 132 valence electrons. The van der Waals surface area contributed by atoms with E-state index in [0.29, 0.717) is 6.42 Å². The number of halogens is 2. The summed E-state index contributed by atoms with van der Waals surface area (Å²) in [6.07, 6.45) is 3.26. The van der Waals surface area contributed by atoms with Crippen LogP contribution in [0.5, 0.6) is 0 Å². The minimum Gasteiger partial charge on any atom is -0.480 e. The molecule has 5 nitrogen and oxygen atoms in total. The number of nitrogens with two attached hydrogens (primary N) is 1. The summed E-state index contributed by atoms with van der Waals surface area (Å²) in [4.78, 5) is 11.0. The van der Waals surface area contributed by atoms with Gasteiger partial charge in [0, 0.05) is 12.8 Å². The van der Waals surface area contributed by atoms with Gasteiger partial charge < -0.3 is 21.1 Å². The molecular formula is C16H25F2NO4. The molecule has 1 saturated carbocycles. The first-order valence-electron chi connectivity index (χ1n) is 7.73. The van der Waals surface area contributed by atoms with Crippen molar-refractivity contribution >= 4 is 5.97 Å². The van der Waals surface area contributed by atoms with Crippen LogP contribution >= 0.6 is 0 Å². The Kier molecular flexibility index (Phi) is 6.85. The summed E-state index contributed by atoms with van der Waals surface area (Å²) < 4.78 is 23.8. The Morgan fingerprint density at radius 2 is 1.91 bits per heavy atom. The van der Waals surface area contributed by atoms with E-state index < -0.39 is 29.6 Å². The van der Waals surface area contributed by atoms with E-state index >= 15 is 0 Å². The van der Waals surface area contributed by atoms with E-state index in [2.05, 4.69) is 6.58 Å². The molecule has 0 spiro atoms. The Morgan fingerprint density at radius 3 is 2.43 bits per heavy atom. The number of carboxylic acids is 1. The van der Waals surface area contributed by atoms with Crippen LogP contribution in [0, 0.1) is 0 Å². The van der Waals surface area contributed by atoms with Crippen molar-refractivity contribution < 1.29 is 28.9 Å². The Balaban J connectivity index is 2.28. The molecule has 0 aliphatic heterocycles. The molecule has 0 aromatic rings. The van der Waals surface area contributed by atoms with Gasteiger partial charge in [-0.05, 0) is 24.8 Å². The van der Waals surface area contributed by atoms with Crippen LogP contribution in [0.3, 0.4) is 0 Å². The Hall–Kier alpha value is -1.31. The SMILES string of the molecule is C=C1C(O)(C/C=C/CCCCCCC(F)F)C(O)C1(N)C(=O)O. The van der Waals surface area contributed by atoms with Crippen LogP contribution in [0.4, 0.5) is 8.78 Å². The fourth-order valence-electron chi connectivity index (χ4n) is 2.76. The minimum atomic E-state index is -2.24. The molecule has 3 unspecified atom stereocenters. The van der Waals surface area contributed by atoms with E-state index in [-0.39, 0.29) is 18.4 Å². The van der Waals surface area contributed by atoms with Gasteiger partial charge in [0.25, 0.3) is 0 Å². The highest BCUT2D eigenvalue weighted by atomic mass is 19.3. The van der Waals surface area contributed by atoms with Gasteiger partial charge in [0.15, 0.2) is 5.54 Å². The molecule has 1 aliphatic carbocycles. The van der Waals surface area contributed by atoms with Gasteiger partial charge in [-0.1, -0.05) is 31.6 Å². The Bertz CT molecular complexity index is 469. The van der Waals surface area contributed by atoms with E-state index in [9.17, 15) is 23.8 Å².